The summed E-state index contributed by atoms with van der Waals surface area (Å²) >= 11 is 0. The van der Waals surface area contributed by atoms with Crippen LogP contribution in [-0.4, -0.2) is 44.4 Å². The van der Waals surface area contributed by atoms with Crippen LogP contribution in [0.5, 0.6) is 0 Å². The van der Waals surface area contributed by atoms with E-state index in [9.17, 15) is 9.59 Å². The Morgan fingerprint density at radius 1 is 1.16 bits per heavy atom. The lowest BCUT2D eigenvalue weighted by Crippen LogP contribution is -2.48. The molecule has 6 heteroatoms. The van der Waals surface area contributed by atoms with Crippen LogP contribution in [0.1, 0.15) is 37.6 Å². The van der Waals surface area contributed by atoms with Gasteiger partial charge in [-0.2, -0.15) is 0 Å². The second-order valence-electron chi connectivity index (χ2n) is 6.74. The molecule has 132 valence electrons. The van der Waals surface area contributed by atoms with Crippen LogP contribution >= 0.6 is 0 Å². The van der Waals surface area contributed by atoms with E-state index in [4.69, 9.17) is 0 Å². The number of aromatic nitrogens is 3. The highest BCUT2D eigenvalue weighted by Gasteiger charge is 2.41. The minimum Gasteiger partial charge on any atom is -0.343 e. The van der Waals surface area contributed by atoms with Crippen molar-refractivity contribution in [3.05, 3.63) is 48.0 Å². The van der Waals surface area contributed by atoms with Crippen LogP contribution in [0.2, 0.25) is 0 Å². The van der Waals surface area contributed by atoms with Gasteiger partial charge in [0.1, 0.15) is 17.9 Å². The number of likely N-dealkylation sites (tertiary alicyclic amines) is 1. The molecule has 0 atom stereocenters. The summed E-state index contributed by atoms with van der Waals surface area (Å²) < 4.78 is 1.83. The number of piperidine rings is 1. The zero-order chi connectivity index (χ0) is 17.9. The highest BCUT2D eigenvalue weighted by atomic mass is 16.2. The lowest BCUT2D eigenvalue weighted by molar-refractivity contribution is -0.135. The largest absolute Gasteiger partial charge is 0.343 e. The molecule has 1 aliphatic heterocycles. The van der Waals surface area contributed by atoms with Crippen LogP contribution in [0.3, 0.4) is 0 Å². The number of benzene rings is 1. The molecule has 25 heavy (non-hydrogen) atoms. The molecular formula is C19H24N4O2. The van der Waals surface area contributed by atoms with Gasteiger partial charge in [0.25, 0.3) is 0 Å². The van der Waals surface area contributed by atoms with Crippen molar-refractivity contribution in [3.63, 3.8) is 0 Å². The van der Waals surface area contributed by atoms with E-state index in [1.54, 1.807) is 13.3 Å². The van der Waals surface area contributed by atoms with E-state index in [-0.39, 0.29) is 11.7 Å². The number of ketones is 1. The second-order valence-corrected chi connectivity index (χ2v) is 6.74. The van der Waals surface area contributed by atoms with Gasteiger partial charge in [0.2, 0.25) is 5.91 Å². The highest BCUT2D eigenvalue weighted by molar-refractivity contribution is 5.88. The van der Waals surface area contributed by atoms with Crippen molar-refractivity contribution in [2.24, 2.45) is 7.05 Å². The quantitative estimate of drug-likeness (QED) is 0.834. The van der Waals surface area contributed by atoms with E-state index in [0.29, 0.717) is 38.8 Å². The number of hydrogen-bond donors (Lipinski definition) is 0. The Morgan fingerprint density at radius 3 is 2.40 bits per heavy atom. The number of amides is 1. The van der Waals surface area contributed by atoms with Gasteiger partial charge < -0.3 is 9.47 Å². The molecule has 1 aliphatic rings. The topological polar surface area (TPSA) is 68.1 Å². The Balaban J connectivity index is 1.63. The average molecular weight is 340 g/mol. The van der Waals surface area contributed by atoms with Gasteiger partial charge in [-0.3, -0.25) is 9.59 Å². The predicted octanol–water partition coefficient (Wildman–Crippen LogP) is 1.90. The molecule has 0 N–H and O–H groups in total. The zero-order valence-electron chi connectivity index (χ0n) is 14.8. The molecule has 0 spiro atoms. The maximum Gasteiger partial charge on any atom is 0.223 e. The molecule has 6 nitrogen and oxygen atoms in total. The van der Waals surface area contributed by atoms with Crippen molar-refractivity contribution in [1.29, 1.82) is 0 Å². The number of rotatable bonds is 5. The van der Waals surface area contributed by atoms with Gasteiger partial charge in [-0.05, 0) is 25.3 Å². The minimum atomic E-state index is -0.457. The molecule has 0 saturated carbocycles. The first-order valence-electron chi connectivity index (χ1n) is 8.70. The summed E-state index contributed by atoms with van der Waals surface area (Å²) in [5.74, 6) is 1.12. The van der Waals surface area contributed by atoms with Gasteiger partial charge >= 0.3 is 0 Å². The number of aryl methyl sites for hydroxylation is 2. The normalized spacial score (nSPS) is 16.6. The van der Waals surface area contributed by atoms with Crippen LogP contribution in [0.4, 0.5) is 0 Å². The second kappa shape index (κ2) is 7.17. The van der Waals surface area contributed by atoms with Crippen LogP contribution in [0.15, 0.2) is 36.7 Å². The number of nitrogens with zero attached hydrogens (tertiary/aromatic N) is 4. The maximum atomic E-state index is 12.5. The SMILES string of the molecule is CC(=O)C1(c2ccccc2)CCN(C(=O)CCc2nncn2C)CC1. The molecule has 3 rings (SSSR count). The van der Waals surface area contributed by atoms with Gasteiger partial charge in [-0.1, -0.05) is 30.3 Å². The number of carbonyl (C=O) groups is 2. The Bertz CT molecular complexity index is 746. The summed E-state index contributed by atoms with van der Waals surface area (Å²) in [6.07, 6.45) is 4.01. The fourth-order valence-corrected chi connectivity index (χ4v) is 3.65. The van der Waals surface area contributed by atoms with Crippen LogP contribution in [-0.2, 0) is 28.5 Å². The third-order valence-electron chi connectivity index (χ3n) is 5.34. The summed E-state index contributed by atoms with van der Waals surface area (Å²) in [5, 5.41) is 7.85. The van der Waals surface area contributed by atoms with Crippen molar-refractivity contribution >= 4 is 11.7 Å². The molecule has 0 unspecified atom stereocenters. The molecule has 0 bridgehead atoms. The van der Waals surface area contributed by atoms with Crippen molar-refractivity contribution in [3.8, 4) is 0 Å². The van der Waals surface area contributed by atoms with Gasteiger partial charge in [0.05, 0.1) is 5.41 Å². The molecule has 0 aliphatic carbocycles. The Hall–Kier alpha value is -2.50. The Kier molecular flexibility index (Phi) is 4.97. The average Bonchev–Trinajstić information content (AvgIpc) is 3.05. The van der Waals surface area contributed by atoms with Crippen molar-refractivity contribution in [2.45, 2.75) is 38.0 Å². The number of Topliss-reactive ketones (excluding diaryl/α,β-unsaturated/α-hetero) is 1. The zero-order valence-corrected chi connectivity index (χ0v) is 14.8. The minimum absolute atomic E-state index is 0.119. The summed E-state index contributed by atoms with van der Waals surface area (Å²) in [6.45, 7) is 2.90. The lowest BCUT2D eigenvalue weighted by Gasteiger charge is -2.40. The fourth-order valence-electron chi connectivity index (χ4n) is 3.65. The maximum absolute atomic E-state index is 12.5. The Morgan fingerprint density at radius 2 is 1.84 bits per heavy atom. The smallest absolute Gasteiger partial charge is 0.223 e. The van der Waals surface area contributed by atoms with Crippen LogP contribution in [0, 0.1) is 0 Å². The van der Waals surface area contributed by atoms with Crippen LogP contribution in [0.25, 0.3) is 0 Å². The Labute approximate surface area is 147 Å². The molecule has 1 aromatic heterocycles. The fraction of sp³-hybridized carbons (Fsp3) is 0.474. The first-order chi connectivity index (χ1) is 12.0. The molecular weight excluding hydrogens is 316 g/mol. The van der Waals surface area contributed by atoms with E-state index in [2.05, 4.69) is 10.2 Å². The van der Waals surface area contributed by atoms with Crippen molar-refractivity contribution < 1.29 is 9.59 Å². The molecule has 0 radical (unpaired) electrons. The van der Waals surface area contributed by atoms with E-state index in [0.717, 1.165) is 11.4 Å². The van der Waals surface area contributed by atoms with E-state index in [1.807, 2.05) is 46.8 Å². The molecule has 1 fully saturated rings. The summed E-state index contributed by atoms with van der Waals surface area (Å²) in [6, 6.07) is 9.94. The third kappa shape index (κ3) is 3.48. The van der Waals surface area contributed by atoms with Gasteiger partial charge in [-0.25, -0.2) is 0 Å². The molecule has 1 amide bonds. The van der Waals surface area contributed by atoms with Gasteiger partial charge in [-0.15, -0.1) is 10.2 Å². The number of hydrogen-bond acceptors (Lipinski definition) is 4. The highest BCUT2D eigenvalue weighted by Crippen LogP contribution is 2.36. The summed E-state index contributed by atoms with van der Waals surface area (Å²) in [7, 11) is 1.88. The lowest BCUT2D eigenvalue weighted by atomic mass is 9.70. The predicted molar refractivity (Wildman–Crippen MR) is 93.9 cm³/mol. The van der Waals surface area contributed by atoms with Crippen molar-refractivity contribution in [1.82, 2.24) is 19.7 Å². The molecule has 1 aromatic carbocycles. The summed E-state index contributed by atoms with van der Waals surface area (Å²) in [4.78, 5) is 26.8. The van der Waals surface area contributed by atoms with E-state index < -0.39 is 5.41 Å². The monoisotopic (exact) mass is 340 g/mol. The van der Waals surface area contributed by atoms with Crippen LogP contribution < -0.4 is 0 Å². The third-order valence-corrected chi connectivity index (χ3v) is 5.34. The van der Waals surface area contributed by atoms with Gasteiger partial charge in [0, 0.05) is 33.0 Å². The van der Waals surface area contributed by atoms with E-state index >= 15 is 0 Å². The molecule has 2 heterocycles. The molecule has 2 aromatic rings. The standard InChI is InChI=1S/C19H24N4O2/c1-15(24)19(16-6-4-3-5-7-16)10-12-23(13-11-19)18(25)9-8-17-21-20-14-22(17)2/h3-7,14H,8-13H2,1-2H3. The van der Waals surface area contributed by atoms with Crippen molar-refractivity contribution in [2.75, 3.05) is 13.1 Å². The summed E-state index contributed by atoms with van der Waals surface area (Å²) in [5.41, 5.74) is 0.607. The molecule has 1 saturated heterocycles. The first-order valence-corrected chi connectivity index (χ1v) is 8.70. The van der Waals surface area contributed by atoms with Gasteiger partial charge in [0.15, 0.2) is 0 Å². The van der Waals surface area contributed by atoms with E-state index in [1.165, 1.54) is 0 Å². The number of carbonyl (C=O) groups excluding carboxylic acids is 2. The first kappa shape index (κ1) is 17.3.